The third-order valence-corrected chi connectivity index (χ3v) is 5.31. The predicted octanol–water partition coefficient (Wildman–Crippen LogP) is 2.15. The first-order chi connectivity index (χ1) is 12.3. The first kappa shape index (κ1) is 23.9. The third-order valence-electron chi connectivity index (χ3n) is 5.31. The molecule has 6 nitrogen and oxygen atoms in total. The second kappa shape index (κ2) is 14.9. The maximum atomic E-state index is 5.39. The molecule has 2 N–H and O–H groups in total. The molecule has 1 aliphatic heterocycles. The number of nitrogens with zero attached hydrogens (tertiary/aromatic N) is 3. The number of guanidine groups is 1. The number of likely N-dealkylation sites (N-methyl/N-ethyl adjacent to an activating group) is 1. The van der Waals surface area contributed by atoms with E-state index < -0.39 is 0 Å². The molecule has 0 atom stereocenters. The van der Waals surface area contributed by atoms with Gasteiger partial charge in [-0.05, 0) is 33.2 Å². The van der Waals surface area contributed by atoms with Gasteiger partial charge >= 0.3 is 0 Å². The van der Waals surface area contributed by atoms with Gasteiger partial charge < -0.3 is 20.3 Å². The van der Waals surface area contributed by atoms with Gasteiger partial charge in [-0.15, -0.1) is 24.0 Å². The minimum absolute atomic E-state index is 0. The summed E-state index contributed by atoms with van der Waals surface area (Å²) in [6, 6.07) is 0.781. The molecule has 1 saturated heterocycles. The summed E-state index contributed by atoms with van der Waals surface area (Å²) in [5.74, 6) is 0.960. The molecule has 154 valence electrons. The topological polar surface area (TPSA) is 52.1 Å². The highest BCUT2D eigenvalue weighted by Crippen LogP contribution is 2.21. The lowest BCUT2D eigenvalue weighted by molar-refractivity contribution is 0.0377. The number of halogens is 1. The van der Waals surface area contributed by atoms with Gasteiger partial charge in [0.25, 0.3) is 0 Å². The Bertz CT molecular complexity index is 371. The van der Waals surface area contributed by atoms with Crippen molar-refractivity contribution in [1.82, 2.24) is 20.4 Å². The van der Waals surface area contributed by atoms with Crippen LogP contribution >= 0.6 is 24.0 Å². The van der Waals surface area contributed by atoms with Crippen molar-refractivity contribution < 1.29 is 4.74 Å². The molecule has 0 aromatic rings. The molecule has 0 unspecified atom stereocenters. The van der Waals surface area contributed by atoms with E-state index in [0.717, 1.165) is 77.4 Å². The molecule has 0 radical (unpaired) electrons. The summed E-state index contributed by atoms with van der Waals surface area (Å²) < 4.78 is 5.39. The summed E-state index contributed by atoms with van der Waals surface area (Å²) in [4.78, 5) is 9.72. The van der Waals surface area contributed by atoms with E-state index >= 15 is 0 Å². The number of hydrogen-bond acceptors (Lipinski definition) is 4. The van der Waals surface area contributed by atoms with Crippen LogP contribution in [0.2, 0.25) is 0 Å². The highest BCUT2D eigenvalue weighted by Gasteiger charge is 2.17. The molecule has 0 aromatic heterocycles. The molecule has 2 aliphatic rings. The van der Waals surface area contributed by atoms with Gasteiger partial charge in [0, 0.05) is 51.9 Å². The molecule has 7 heteroatoms. The summed E-state index contributed by atoms with van der Waals surface area (Å²) in [5.41, 5.74) is 0. The van der Waals surface area contributed by atoms with Gasteiger partial charge in [0.1, 0.15) is 0 Å². The zero-order valence-corrected chi connectivity index (χ0v) is 19.2. The molecule has 0 spiro atoms. The summed E-state index contributed by atoms with van der Waals surface area (Å²) in [6.45, 7) is 11.0. The van der Waals surface area contributed by atoms with E-state index in [1.807, 2.05) is 0 Å². The minimum atomic E-state index is 0. The number of aliphatic imine (C=N–C) groups is 1. The van der Waals surface area contributed by atoms with Crippen LogP contribution in [0.3, 0.4) is 0 Å². The Kier molecular flexibility index (Phi) is 13.7. The van der Waals surface area contributed by atoms with Crippen LogP contribution < -0.4 is 10.6 Å². The molecule has 1 saturated carbocycles. The van der Waals surface area contributed by atoms with Gasteiger partial charge in [-0.25, -0.2) is 0 Å². The Balaban J connectivity index is 0.00000338. The first-order valence-electron chi connectivity index (χ1n) is 10.3. The van der Waals surface area contributed by atoms with Crippen LogP contribution in [0.1, 0.15) is 45.4 Å². The maximum Gasteiger partial charge on any atom is 0.191 e. The van der Waals surface area contributed by atoms with Crippen LogP contribution in [0, 0.1) is 0 Å². The number of rotatable bonds is 9. The van der Waals surface area contributed by atoms with Gasteiger partial charge in [-0.2, -0.15) is 0 Å². The number of nitrogens with one attached hydrogen (secondary N) is 2. The summed E-state index contributed by atoms with van der Waals surface area (Å²) >= 11 is 0. The minimum Gasteiger partial charge on any atom is -0.379 e. The third kappa shape index (κ3) is 9.71. The molecule has 2 fully saturated rings. The van der Waals surface area contributed by atoms with Crippen LogP contribution in [0.4, 0.5) is 0 Å². The standard InChI is InChI=1S/C19H39N5O.HI/c1-3-20-19(21-10-7-12-24-14-16-25-17-15-24)22-11-13-23(2)18-8-5-4-6-9-18;/h18H,3-17H2,1-2H3,(H2,20,21,22);1H. The van der Waals surface area contributed by atoms with Crippen molar-refractivity contribution in [1.29, 1.82) is 0 Å². The highest BCUT2D eigenvalue weighted by atomic mass is 127. The first-order valence-corrected chi connectivity index (χ1v) is 10.3. The fourth-order valence-electron chi connectivity index (χ4n) is 3.71. The van der Waals surface area contributed by atoms with E-state index in [1.165, 1.54) is 32.1 Å². The molecular formula is C19H40IN5O. The Morgan fingerprint density at radius 2 is 1.88 bits per heavy atom. The van der Waals surface area contributed by atoms with Gasteiger partial charge in [0.05, 0.1) is 13.2 Å². The monoisotopic (exact) mass is 481 g/mol. The number of hydrogen-bond donors (Lipinski definition) is 2. The van der Waals surface area contributed by atoms with Crippen LogP contribution in [0.15, 0.2) is 4.99 Å². The Hall–Kier alpha value is -0.120. The van der Waals surface area contributed by atoms with E-state index in [1.54, 1.807) is 0 Å². The quantitative estimate of drug-likeness (QED) is 0.229. The molecule has 0 aromatic carbocycles. The van der Waals surface area contributed by atoms with Crippen LogP contribution in [-0.4, -0.2) is 87.9 Å². The Morgan fingerprint density at radius 3 is 2.58 bits per heavy atom. The zero-order chi connectivity index (χ0) is 17.7. The number of morpholine rings is 1. The normalized spacial score (nSPS) is 20.0. The Labute approximate surface area is 177 Å². The largest absolute Gasteiger partial charge is 0.379 e. The van der Waals surface area contributed by atoms with Gasteiger partial charge in [-0.3, -0.25) is 9.89 Å². The molecule has 1 heterocycles. The second-order valence-electron chi connectivity index (χ2n) is 7.27. The van der Waals surface area contributed by atoms with Crippen molar-refractivity contribution in [2.24, 2.45) is 4.99 Å². The van der Waals surface area contributed by atoms with Crippen LogP contribution in [0.5, 0.6) is 0 Å². The smallest absolute Gasteiger partial charge is 0.191 e. The molecular weight excluding hydrogens is 441 g/mol. The van der Waals surface area contributed by atoms with Crippen molar-refractivity contribution in [3.63, 3.8) is 0 Å². The van der Waals surface area contributed by atoms with Crippen LogP contribution in [0.25, 0.3) is 0 Å². The van der Waals surface area contributed by atoms with Gasteiger partial charge in [0.2, 0.25) is 0 Å². The average Bonchev–Trinajstić information content (AvgIpc) is 2.66. The van der Waals surface area contributed by atoms with E-state index in [-0.39, 0.29) is 24.0 Å². The fraction of sp³-hybridized carbons (Fsp3) is 0.947. The second-order valence-corrected chi connectivity index (χ2v) is 7.27. The van der Waals surface area contributed by atoms with Crippen molar-refractivity contribution in [2.75, 3.05) is 66.1 Å². The lowest BCUT2D eigenvalue weighted by atomic mass is 9.94. The van der Waals surface area contributed by atoms with Crippen LogP contribution in [-0.2, 0) is 4.74 Å². The highest BCUT2D eigenvalue weighted by molar-refractivity contribution is 14.0. The van der Waals surface area contributed by atoms with Crippen molar-refractivity contribution >= 4 is 29.9 Å². The van der Waals surface area contributed by atoms with Crippen molar-refractivity contribution in [3.05, 3.63) is 0 Å². The summed E-state index contributed by atoms with van der Waals surface area (Å²) in [5, 5.41) is 6.85. The van der Waals surface area contributed by atoms with Gasteiger partial charge in [-0.1, -0.05) is 19.3 Å². The number of ether oxygens (including phenoxy) is 1. The van der Waals surface area contributed by atoms with E-state index in [0.29, 0.717) is 0 Å². The molecule has 0 bridgehead atoms. The lowest BCUT2D eigenvalue weighted by Crippen LogP contribution is -2.43. The summed E-state index contributed by atoms with van der Waals surface area (Å²) in [6.07, 6.45) is 8.06. The van der Waals surface area contributed by atoms with Crippen molar-refractivity contribution in [3.8, 4) is 0 Å². The molecule has 2 rings (SSSR count). The SMILES string of the molecule is CCNC(=NCCCN1CCOCC1)NCCN(C)C1CCCCC1.I. The van der Waals surface area contributed by atoms with Crippen molar-refractivity contribution in [2.45, 2.75) is 51.5 Å². The molecule has 26 heavy (non-hydrogen) atoms. The Morgan fingerprint density at radius 1 is 1.15 bits per heavy atom. The molecule has 1 aliphatic carbocycles. The van der Waals surface area contributed by atoms with E-state index in [4.69, 9.17) is 9.73 Å². The fourth-order valence-corrected chi connectivity index (χ4v) is 3.71. The molecule has 0 amide bonds. The van der Waals surface area contributed by atoms with E-state index in [2.05, 4.69) is 34.4 Å². The zero-order valence-electron chi connectivity index (χ0n) is 16.8. The lowest BCUT2D eigenvalue weighted by Gasteiger charge is -2.31. The predicted molar refractivity (Wildman–Crippen MR) is 121 cm³/mol. The maximum absolute atomic E-state index is 5.39. The van der Waals surface area contributed by atoms with E-state index in [9.17, 15) is 0 Å². The van der Waals surface area contributed by atoms with Gasteiger partial charge in [0.15, 0.2) is 5.96 Å². The summed E-state index contributed by atoms with van der Waals surface area (Å²) in [7, 11) is 2.27. The average molecular weight is 481 g/mol.